The number of piperidine rings is 1. The maximum Gasteiger partial charge on any atom is 0.225 e. The molecule has 0 spiro atoms. The lowest BCUT2D eigenvalue weighted by molar-refractivity contribution is 0.238. The highest BCUT2D eigenvalue weighted by atomic mass is 16.3. The molecule has 1 aromatic heterocycles. The van der Waals surface area contributed by atoms with Crippen LogP contribution in [0.25, 0.3) is 0 Å². The monoisotopic (exact) mass is 207 g/mol. The van der Waals surface area contributed by atoms with Gasteiger partial charge in [-0.05, 0) is 32.3 Å². The molecule has 1 fully saturated rings. The van der Waals surface area contributed by atoms with Gasteiger partial charge in [0, 0.05) is 18.4 Å². The van der Waals surface area contributed by atoms with Crippen LogP contribution in [0.5, 0.6) is 0 Å². The SMILES string of the molecule is Cc1ccnc(N2CCCC[C@@H]2CO)n1. The Morgan fingerprint density at radius 1 is 1.53 bits per heavy atom. The van der Waals surface area contributed by atoms with Gasteiger partial charge in [-0.2, -0.15) is 0 Å². The minimum absolute atomic E-state index is 0.192. The Hall–Kier alpha value is -1.16. The molecule has 1 saturated heterocycles. The van der Waals surface area contributed by atoms with Crippen molar-refractivity contribution in [1.82, 2.24) is 9.97 Å². The van der Waals surface area contributed by atoms with Crippen molar-refractivity contribution in [2.45, 2.75) is 32.2 Å². The molecule has 1 aliphatic heterocycles. The van der Waals surface area contributed by atoms with Crippen LogP contribution in [0.1, 0.15) is 25.0 Å². The third-order valence-electron chi connectivity index (χ3n) is 2.88. The van der Waals surface area contributed by atoms with Gasteiger partial charge in [-0.25, -0.2) is 9.97 Å². The number of anilines is 1. The van der Waals surface area contributed by atoms with Crippen LogP contribution in [0.15, 0.2) is 12.3 Å². The highest BCUT2D eigenvalue weighted by Crippen LogP contribution is 2.21. The first-order valence-corrected chi connectivity index (χ1v) is 5.48. The predicted molar refractivity (Wildman–Crippen MR) is 58.8 cm³/mol. The van der Waals surface area contributed by atoms with Gasteiger partial charge in [0.15, 0.2) is 0 Å². The summed E-state index contributed by atoms with van der Waals surface area (Å²) in [5.74, 6) is 0.758. The average Bonchev–Trinajstić information content (AvgIpc) is 2.29. The van der Waals surface area contributed by atoms with Gasteiger partial charge in [0.1, 0.15) is 0 Å². The summed E-state index contributed by atoms with van der Waals surface area (Å²) in [6.07, 6.45) is 5.16. The smallest absolute Gasteiger partial charge is 0.225 e. The fraction of sp³-hybridized carbons (Fsp3) is 0.636. The van der Waals surface area contributed by atoms with Crippen LogP contribution in [-0.4, -0.2) is 34.3 Å². The molecular weight excluding hydrogens is 190 g/mol. The van der Waals surface area contributed by atoms with Gasteiger partial charge in [0.25, 0.3) is 0 Å². The number of hydrogen-bond donors (Lipinski definition) is 1. The second kappa shape index (κ2) is 4.57. The molecule has 2 heterocycles. The van der Waals surface area contributed by atoms with Crippen molar-refractivity contribution in [3.05, 3.63) is 18.0 Å². The number of rotatable bonds is 2. The quantitative estimate of drug-likeness (QED) is 0.790. The van der Waals surface area contributed by atoms with E-state index in [4.69, 9.17) is 0 Å². The molecule has 0 saturated carbocycles. The summed E-state index contributed by atoms with van der Waals surface area (Å²) < 4.78 is 0. The topological polar surface area (TPSA) is 49.2 Å². The standard InChI is InChI=1S/C11H17N3O/c1-9-5-6-12-11(13-9)14-7-3-2-4-10(14)8-15/h5-6,10,15H,2-4,7-8H2,1H3/t10-/m1/s1. The van der Waals surface area contributed by atoms with Gasteiger partial charge in [-0.15, -0.1) is 0 Å². The summed E-state index contributed by atoms with van der Waals surface area (Å²) in [7, 11) is 0. The van der Waals surface area contributed by atoms with Crippen LogP contribution in [0, 0.1) is 6.92 Å². The van der Waals surface area contributed by atoms with Gasteiger partial charge >= 0.3 is 0 Å². The molecule has 1 aromatic rings. The molecule has 1 N–H and O–H groups in total. The number of aryl methyl sites for hydroxylation is 1. The Labute approximate surface area is 90.0 Å². The van der Waals surface area contributed by atoms with Crippen molar-refractivity contribution in [3.8, 4) is 0 Å². The van der Waals surface area contributed by atoms with Crippen LogP contribution in [-0.2, 0) is 0 Å². The van der Waals surface area contributed by atoms with E-state index in [2.05, 4.69) is 14.9 Å². The molecule has 82 valence electrons. The summed E-state index contributed by atoms with van der Waals surface area (Å²) in [5, 5.41) is 9.29. The van der Waals surface area contributed by atoms with E-state index in [0.29, 0.717) is 0 Å². The van der Waals surface area contributed by atoms with Crippen molar-refractivity contribution < 1.29 is 5.11 Å². The zero-order valence-corrected chi connectivity index (χ0v) is 9.06. The molecule has 1 atom stereocenters. The Bertz CT molecular complexity index is 329. The van der Waals surface area contributed by atoms with Crippen LogP contribution < -0.4 is 4.90 Å². The molecule has 0 radical (unpaired) electrons. The molecule has 0 amide bonds. The number of aliphatic hydroxyl groups is 1. The third kappa shape index (κ3) is 2.26. The van der Waals surface area contributed by atoms with Crippen LogP contribution in [0.4, 0.5) is 5.95 Å². The summed E-state index contributed by atoms with van der Waals surface area (Å²) in [4.78, 5) is 10.8. The zero-order chi connectivity index (χ0) is 10.7. The molecule has 0 bridgehead atoms. The maximum atomic E-state index is 9.29. The van der Waals surface area contributed by atoms with Crippen LogP contribution in [0.2, 0.25) is 0 Å². The number of aromatic nitrogens is 2. The predicted octanol–water partition coefficient (Wildman–Crippen LogP) is 1.14. The largest absolute Gasteiger partial charge is 0.394 e. The Morgan fingerprint density at radius 2 is 2.40 bits per heavy atom. The first-order valence-electron chi connectivity index (χ1n) is 5.48. The minimum atomic E-state index is 0.192. The van der Waals surface area contributed by atoms with Crippen molar-refractivity contribution in [2.24, 2.45) is 0 Å². The van der Waals surface area contributed by atoms with E-state index in [0.717, 1.165) is 31.0 Å². The summed E-state index contributed by atoms with van der Waals surface area (Å²) in [5.41, 5.74) is 0.974. The van der Waals surface area contributed by atoms with Gasteiger partial charge in [-0.1, -0.05) is 0 Å². The highest BCUT2D eigenvalue weighted by Gasteiger charge is 2.23. The molecular formula is C11H17N3O. The van der Waals surface area contributed by atoms with E-state index in [1.807, 2.05) is 13.0 Å². The Morgan fingerprint density at radius 3 is 3.13 bits per heavy atom. The summed E-state index contributed by atoms with van der Waals surface area (Å²) in [6, 6.07) is 2.09. The fourth-order valence-corrected chi connectivity index (χ4v) is 2.03. The lowest BCUT2D eigenvalue weighted by atomic mass is 10.0. The first-order chi connectivity index (χ1) is 7.31. The normalized spacial score (nSPS) is 21.7. The van der Waals surface area contributed by atoms with Crippen molar-refractivity contribution in [2.75, 3.05) is 18.1 Å². The molecule has 15 heavy (non-hydrogen) atoms. The van der Waals surface area contributed by atoms with Gasteiger partial charge in [0.2, 0.25) is 5.95 Å². The molecule has 0 aromatic carbocycles. The number of nitrogens with zero attached hydrogens (tertiary/aromatic N) is 3. The van der Waals surface area contributed by atoms with Crippen molar-refractivity contribution in [3.63, 3.8) is 0 Å². The van der Waals surface area contributed by atoms with E-state index in [-0.39, 0.29) is 12.6 Å². The maximum absolute atomic E-state index is 9.29. The van der Waals surface area contributed by atoms with E-state index < -0.39 is 0 Å². The van der Waals surface area contributed by atoms with Crippen LogP contribution in [0.3, 0.4) is 0 Å². The first kappa shape index (κ1) is 10.4. The summed E-state index contributed by atoms with van der Waals surface area (Å²) in [6.45, 7) is 3.11. The van der Waals surface area contributed by atoms with E-state index in [1.54, 1.807) is 6.20 Å². The Balaban J connectivity index is 2.20. The van der Waals surface area contributed by atoms with Crippen LogP contribution >= 0.6 is 0 Å². The molecule has 2 rings (SSSR count). The minimum Gasteiger partial charge on any atom is -0.394 e. The van der Waals surface area contributed by atoms with Crippen molar-refractivity contribution in [1.29, 1.82) is 0 Å². The van der Waals surface area contributed by atoms with E-state index in [1.165, 1.54) is 6.42 Å². The third-order valence-corrected chi connectivity index (χ3v) is 2.88. The molecule has 4 heteroatoms. The Kier molecular flexibility index (Phi) is 3.16. The lowest BCUT2D eigenvalue weighted by Gasteiger charge is -2.34. The van der Waals surface area contributed by atoms with Crippen molar-refractivity contribution >= 4 is 5.95 Å². The van der Waals surface area contributed by atoms with Gasteiger partial charge in [-0.3, -0.25) is 0 Å². The average molecular weight is 207 g/mol. The molecule has 4 nitrogen and oxygen atoms in total. The molecule has 0 aliphatic carbocycles. The summed E-state index contributed by atoms with van der Waals surface area (Å²) >= 11 is 0. The zero-order valence-electron chi connectivity index (χ0n) is 9.06. The van der Waals surface area contributed by atoms with Gasteiger partial charge in [0.05, 0.1) is 12.6 Å². The van der Waals surface area contributed by atoms with E-state index in [9.17, 15) is 5.11 Å². The molecule has 0 unspecified atom stereocenters. The second-order valence-electron chi connectivity index (χ2n) is 4.02. The number of hydrogen-bond acceptors (Lipinski definition) is 4. The van der Waals surface area contributed by atoms with Gasteiger partial charge < -0.3 is 10.0 Å². The second-order valence-corrected chi connectivity index (χ2v) is 4.02. The molecule has 1 aliphatic rings. The lowest BCUT2D eigenvalue weighted by Crippen LogP contribution is -2.42. The fourth-order valence-electron chi connectivity index (χ4n) is 2.03. The highest BCUT2D eigenvalue weighted by molar-refractivity contribution is 5.32. The van der Waals surface area contributed by atoms with E-state index >= 15 is 0 Å². The number of aliphatic hydroxyl groups excluding tert-OH is 1.